The van der Waals surface area contributed by atoms with E-state index >= 15 is 0 Å². The first-order valence-corrected chi connectivity index (χ1v) is 11.4. The van der Waals surface area contributed by atoms with Gasteiger partial charge in [0.05, 0.1) is 10.3 Å². The van der Waals surface area contributed by atoms with Crippen LogP contribution in [0.5, 0.6) is 0 Å². The van der Waals surface area contributed by atoms with Gasteiger partial charge in [0, 0.05) is 17.4 Å². The predicted molar refractivity (Wildman–Crippen MR) is 113 cm³/mol. The molecule has 3 atom stereocenters. The van der Waals surface area contributed by atoms with E-state index in [4.69, 9.17) is 17.3 Å². The van der Waals surface area contributed by atoms with Crippen molar-refractivity contribution in [1.82, 2.24) is 4.98 Å². The fraction of sp³-hybridized carbons (Fsp3) is 0.350. The number of carbonyl (C=O) groups is 1. The molecular formula is C20H19ClF2N4O3S. The molecule has 3 N–H and O–H groups in total. The highest BCUT2D eigenvalue weighted by molar-refractivity contribution is 7.94. The third kappa shape index (κ3) is 3.11. The SMILES string of the molecule is C[C@]1(c2cc(NC(=O)c3ccc(Cl)cn3)ccc2F)N=C(N)[C@@]2(CF)CC[C@@H]1S2(=O)=O. The van der Waals surface area contributed by atoms with Crippen molar-refractivity contribution >= 4 is 38.9 Å². The fourth-order valence-electron chi connectivity index (χ4n) is 4.36. The van der Waals surface area contributed by atoms with Crippen LogP contribution in [0.3, 0.4) is 0 Å². The molecule has 0 aliphatic carbocycles. The summed E-state index contributed by atoms with van der Waals surface area (Å²) in [5.41, 5.74) is 4.61. The Balaban J connectivity index is 1.75. The Morgan fingerprint density at radius 3 is 2.74 bits per heavy atom. The number of benzene rings is 1. The maximum atomic E-state index is 14.9. The van der Waals surface area contributed by atoms with Crippen LogP contribution in [0.25, 0.3) is 0 Å². The monoisotopic (exact) mass is 468 g/mol. The van der Waals surface area contributed by atoms with Crippen molar-refractivity contribution in [1.29, 1.82) is 0 Å². The molecule has 11 heteroatoms. The van der Waals surface area contributed by atoms with E-state index in [9.17, 15) is 22.0 Å². The lowest BCUT2D eigenvalue weighted by Gasteiger charge is -2.39. The Bertz CT molecular complexity index is 1210. The van der Waals surface area contributed by atoms with E-state index in [1.165, 1.54) is 37.4 Å². The zero-order chi connectivity index (χ0) is 22.6. The quantitative estimate of drug-likeness (QED) is 0.715. The lowest BCUT2D eigenvalue weighted by Crippen LogP contribution is -2.58. The highest BCUT2D eigenvalue weighted by Gasteiger charge is 2.65. The Labute approximate surface area is 182 Å². The molecule has 0 radical (unpaired) electrons. The fourth-order valence-corrected chi connectivity index (χ4v) is 7.12. The zero-order valence-corrected chi connectivity index (χ0v) is 18.0. The van der Waals surface area contributed by atoms with E-state index in [-0.39, 0.29) is 35.6 Å². The Hall–Kier alpha value is -2.59. The number of alkyl halides is 1. The van der Waals surface area contributed by atoms with Crippen molar-refractivity contribution in [2.24, 2.45) is 10.7 Å². The smallest absolute Gasteiger partial charge is 0.274 e. The van der Waals surface area contributed by atoms with Crippen molar-refractivity contribution in [3.05, 3.63) is 58.6 Å². The first-order chi connectivity index (χ1) is 14.5. The molecule has 2 aliphatic heterocycles. The van der Waals surface area contributed by atoms with Crippen LogP contribution in [0, 0.1) is 5.82 Å². The number of nitrogens with one attached hydrogen (secondary N) is 1. The summed E-state index contributed by atoms with van der Waals surface area (Å²) in [6, 6.07) is 6.69. The molecule has 164 valence electrons. The second-order valence-corrected chi connectivity index (χ2v) is 10.7. The van der Waals surface area contributed by atoms with Crippen LogP contribution >= 0.6 is 11.6 Å². The van der Waals surface area contributed by atoms with Crippen LogP contribution in [0.4, 0.5) is 14.5 Å². The van der Waals surface area contributed by atoms with Crippen molar-refractivity contribution < 1.29 is 22.0 Å². The summed E-state index contributed by atoms with van der Waals surface area (Å²) >= 11 is 5.77. The van der Waals surface area contributed by atoms with Gasteiger partial charge in [-0.05, 0) is 50.1 Å². The number of carbonyl (C=O) groups excluding carboxylic acids is 1. The van der Waals surface area contributed by atoms with Crippen molar-refractivity contribution in [3.8, 4) is 0 Å². The normalized spacial score (nSPS) is 28.8. The Kier molecular flexibility index (Phi) is 5.05. The number of sulfone groups is 1. The van der Waals surface area contributed by atoms with Gasteiger partial charge in [-0.1, -0.05) is 11.6 Å². The second kappa shape index (κ2) is 7.23. The summed E-state index contributed by atoms with van der Waals surface area (Å²) < 4.78 is 53.0. The van der Waals surface area contributed by atoms with Crippen LogP contribution in [0.1, 0.15) is 35.8 Å². The lowest BCUT2D eigenvalue weighted by atomic mass is 9.86. The maximum absolute atomic E-state index is 14.9. The summed E-state index contributed by atoms with van der Waals surface area (Å²) in [7, 11) is -4.05. The number of aliphatic imine (C=N–C) groups is 1. The molecule has 0 spiro atoms. The van der Waals surface area contributed by atoms with Gasteiger partial charge in [-0.25, -0.2) is 22.2 Å². The van der Waals surface area contributed by atoms with Gasteiger partial charge in [0.2, 0.25) is 0 Å². The first kappa shape index (κ1) is 21.6. The van der Waals surface area contributed by atoms with Gasteiger partial charge in [0.15, 0.2) is 14.6 Å². The van der Waals surface area contributed by atoms with E-state index in [0.29, 0.717) is 5.02 Å². The summed E-state index contributed by atoms with van der Waals surface area (Å²) in [5, 5.41) is 1.82. The number of hydrogen-bond donors (Lipinski definition) is 2. The third-order valence-corrected chi connectivity index (χ3v) is 9.40. The highest BCUT2D eigenvalue weighted by Crippen LogP contribution is 2.52. The molecule has 2 bridgehead atoms. The second-order valence-electron chi connectivity index (χ2n) is 7.86. The van der Waals surface area contributed by atoms with Gasteiger partial charge < -0.3 is 11.1 Å². The molecule has 0 saturated carbocycles. The van der Waals surface area contributed by atoms with Crippen LogP contribution in [0.15, 0.2) is 41.5 Å². The standard InChI is InChI=1S/C20H19ClF2N4O3S/c1-19(16-6-7-20(10-22,18(24)27-19)31(16,29)30)13-8-12(3-4-14(13)23)26-17(28)15-5-2-11(21)9-25-15/h2-5,8-9,16H,6-7,10H2,1H3,(H2,24,27)(H,26,28)/t16-,19+,20-/m0/s1. The molecule has 2 aliphatic rings. The third-order valence-electron chi connectivity index (χ3n) is 6.12. The minimum atomic E-state index is -4.05. The van der Waals surface area contributed by atoms with E-state index < -0.39 is 43.8 Å². The number of anilines is 1. The number of fused-ring (bicyclic) bond motifs is 2. The number of halogens is 3. The van der Waals surface area contributed by atoms with Gasteiger partial charge in [0.25, 0.3) is 5.91 Å². The first-order valence-electron chi connectivity index (χ1n) is 9.43. The predicted octanol–water partition coefficient (Wildman–Crippen LogP) is 3.00. The Morgan fingerprint density at radius 1 is 1.35 bits per heavy atom. The average molecular weight is 469 g/mol. The molecule has 7 nitrogen and oxygen atoms in total. The molecule has 2 aromatic rings. The molecule has 0 unspecified atom stereocenters. The summed E-state index contributed by atoms with van der Waals surface area (Å²) in [5.74, 6) is -1.63. The number of pyridine rings is 1. The van der Waals surface area contributed by atoms with Crippen molar-refractivity contribution in [2.45, 2.75) is 35.3 Å². The minimum absolute atomic E-state index is 0.0122. The molecule has 1 saturated heterocycles. The number of nitrogens with zero attached hydrogens (tertiary/aromatic N) is 2. The number of amidine groups is 1. The van der Waals surface area contributed by atoms with Gasteiger partial charge in [-0.15, -0.1) is 0 Å². The van der Waals surface area contributed by atoms with Crippen molar-refractivity contribution in [2.75, 3.05) is 12.0 Å². The molecule has 1 fully saturated rings. The van der Waals surface area contributed by atoms with Gasteiger partial charge in [-0.2, -0.15) is 0 Å². The van der Waals surface area contributed by atoms with Crippen LogP contribution in [-0.4, -0.2) is 41.8 Å². The summed E-state index contributed by atoms with van der Waals surface area (Å²) in [6.45, 7) is 0.282. The van der Waals surface area contributed by atoms with Gasteiger partial charge in [-0.3, -0.25) is 9.79 Å². The molecule has 3 heterocycles. The van der Waals surface area contributed by atoms with E-state index in [0.717, 1.165) is 6.07 Å². The lowest BCUT2D eigenvalue weighted by molar-refractivity contribution is 0.102. The zero-order valence-electron chi connectivity index (χ0n) is 16.4. The average Bonchev–Trinajstić information content (AvgIpc) is 2.93. The molecule has 31 heavy (non-hydrogen) atoms. The van der Waals surface area contributed by atoms with Crippen LogP contribution in [-0.2, 0) is 15.4 Å². The number of rotatable bonds is 4. The molecule has 1 amide bonds. The van der Waals surface area contributed by atoms with Crippen molar-refractivity contribution in [3.63, 3.8) is 0 Å². The largest absolute Gasteiger partial charge is 0.386 e. The Morgan fingerprint density at radius 2 is 2.10 bits per heavy atom. The summed E-state index contributed by atoms with van der Waals surface area (Å²) in [6.07, 6.45) is 1.40. The highest BCUT2D eigenvalue weighted by atomic mass is 35.5. The van der Waals surface area contributed by atoms with Gasteiger partial charge >= 0.3 is 0 Å². The van der Waals surface area contributed by atoms with Crippen LogP contribution in [0.2, 0.25) is 5.02 Å². The van der Waals surface area contributed by atoms with Crippen LogP contribution < -0.4 is 11.1 Å². The maximum Gasteiger partial charge on any atom is 0.274 e. The number of hydrogen-bond acceptors (Lipinski definition) is 6. The number of aromatic nitrogens is 1. The molecule has 1 aromatic heterocycles. The van der Waals surface area contributed by atoms with E-state index in [2.05, 4.69) is 15.3 Å². The molecule has 4 rings (SSSR count). The number of amides is 1. The van der Waals surface area contributed by atoms with E-state index in [1.807, 2.05) is 0 Å². The topological polar surface area (TPSA) is 115 Å². The molecule has 1 aromatic carbocycles. The van der Waals surface area contributed by atoms with Gasteiger partial charge in [0.1, 0.15) is 29.6 Å². The van der Waals surface area contributed by atoms with E-state index in [1.54, 1.807) is 0 Å². The summed E-state index contributed by atoms with van der Waals surface area (Å²) in [4.78, 5) is 20.7. The number of nitrogens with two attached hydrogens (primary N) is 1. The minimum Gasteiger partial charge on any atom is -0.386 e. The molecular weight excluding hydrogens is 450 g/mol.